The molecule has 4 unspecified atom stereocenters. The highest BCUT2D eigenvalue weighted by atomic mass is 35.5. The quantitative estimate of drug-likeness (QED) is 0.0905. The predicted octanol–water partition coefficient (Wildman–Crippen LogP) is 6.05. The smallest absolute Gasteiger partial charge is 0.0977 e. The maximum atomic E-state index is 6.65. The Balaban J connectivity index is 0.00000210. The second kappa shape index (κ2) is 10.4. The molecule has 0 aromatic heterocycles. The summed E-state index contributed by atoms with van der Waals surface area (Å²) in [5, 5.41) is 80.8. The number of likely N-dealkylation sites (tertiary alicyclic amines) is 2. The molecule has 2 heterocycles. The first-order valence-electron chi connectivity index (χ1n) is 32.1. The molecule has 0 bridgehead atoms. The number of nitrogens with zero attached hydrogens (tertiary/aromatic N) is 2. The molecule has 0 radical (unpaired) electrons. The van der Waals surface area contributed by atoms with Crippen molar-refractivity contribution in [1.82, 2.24) is 9.80 Å². The van der Waals surface area contributed by atoms with Crippen LogP contribution in [-0.4, -0.2) is 115 Å². The lowest BCUT2D eigenvalue weighted by Crippen LogP contribution is -3.00. The van der Waals surface area contributed by atoms with E-state index in [1.54, 1.807) is 303 Å². The van der Waals surface area contributed by atoms with Gasteiger partial charge in [-0.05, 0) is 303 Å². The van der Waals surface area contributed by atoms with Gasteiger partial charge in [0, 0.05) is 39.3 Å². The Morgan fingerprint density at radius 1 is 0.209 bits per heavy atom. The van der Waals surface area contributed by atoms with E-state index in [0.717, 1.165) is 65.6 Å². The van der Waals surface area contributed by atoms with E-state index < -0.39 is 0 Å². The van der Waals surface area contributed by atoms with Crippen LogP contribution in [0, 0.1) is 0 Å². The van der Waals surface area contributed by atoms with Crippen molar-refractivity contribution in [2.45, 2.75) is 21.7 Å². The zero-order valence-corrected chi connectivity index (χ0v) is 47.5. The van der Waals surface area contributed by atoms with Gasteiger partial charge in [0.1, 0.15) is 0 Å². The standard InChI is InChI=1S/C76H36N4O4.2ClH/c77-1-5-81-9-11-83-7-3-79-13-73-65-49-38-27-20-21-25-18-17-22-19-23(18)34-43-32(25)39-28(21)30-29(27)40-37-41(30)52-50(39)66-54(43)56-45(34)36-26(19)35-44-33(22)42(31(38)24(17)20)53(65)55(44)67-57-46(35)47(36)58-62-61(57)71(75(67,73)15-79)63-59(69(73)51(40)49)48(37)60-64(63)72(62)76(68(56)58)16-80(14-74(66,76)70(52)60)4-8-84-12-10-82-6-2-78;;/h1-16,77-78H2;2*1H. The third-order valence-electron chi connectivity index (χ3n) is 29.1. The van der Waals surface area contributed by atoms with Crippen molar-refractivity contribution >= 4 is 259 Å². The van der Waals surface area contributed by atoms with Gasteiger partial charge in [-0.3, -0.25) is 9.80 Å². The van der Waals surface area contributed by atoms with E-state index in [0.29, 0.717) is 39.6 Å². The Morgan fingerprint density at radius 3 is 0.523 bits per heavy atom. The molecule has 34 rings (SSSR count). The van der Waals surface area contributed by atoms with Gasteiger partial charge in [0.15, 0.2) is 0 Å². The molecule has 4 spiro atoms. The van der Waals surface area contributed by atoms with E-state index in [1.807, 2.05) is 0 Å². The predicted molar refractivity (Wildman–Crippen MR) is 339 cm³/mol. The lowest BCUT2D eigenvalue weighted by atomic mass is 9.49. The van der Waals surface area contributed by atoms with Crippen molar-refractivity contribution in [3.8, 4) is 0 Å². The average molecular weight is 1140 g/mol. The molecule has 0 saturated carbocycles. The van der Waals surface area contributed by atoms with Crippen LogP contribution in [0.2, 0.25) is 0 Å². The van der Waals surface area contributed by atoms with Crippen LogP contribution in [0.15, 0.2) is 0 Å². The molecule has 0 amide bonds. The fraction of sp³-hybridized carbons (Fsp3) is 0.263. The van der Waals surface area contributed by atoms with Gasteiger partial charge in [-0.1, -0.05) is 0 Å². The van der Waals surface area contributed by atoms with Crippen LogP contribution in [-0.2, 0) is 40.6 Å². The Labute approximate surface area is 492 Å². The maximum Gasteiger partial charge on any atom is 0.0977 e. The molecule has 6 N–H and O–H groups in total. The molecule has 2 aliphatic heterocycles. The molecule has 10 aliphatic rings. The molecular formula is C76H38Cl2N4O4. The highest BCUT2D eigenvalue weighted by Crippen LogP contribution is 2.88. The molecular weight excluding hydrogens is 1100 g/mol. The van der Waals surface area contributed by atoms with E-state index in [4.69, 9.17) is 18.9 Å². The van der Waals surface area contributed by atoms with Gasteiger partial charge < -0.3 is 55.2 Å². The maximum absolute atomic E-state index is 6.65. The van der Waals surface area contributed by atoms with Crippen molar-refractivity contribution in [1.29, 1.82) is 0 Å². The van der Waals surface area contributed by atoms with Crippen molar-refractivity contribution in [2.24, 2.45) is 0 Å². The minimum absolute atomic E-state index is 0. The summed E-state index contributed by atoms with van der Waals surface area (Å²) in [4.78, 5) is 5.96. The van der Waals surface area contributed by atoms with Crippen molar-refractivity contribution < 1.29 is 55.2 Å². The van der Waals surface area contributed by atoms with Crippen LogP contribution in [0.1, 0.15) is 44.5 Å². The number of quaternary nitrogens is 2. The third kappa shape index (κ3) is 2.56. The Kier molecular flexibility index (Phi) is 4.88. The van der Waals surface area contributed by atoms with E-state index in [-0.39, 0.29) is 46.5 Å². The average Bonchev–Trinajstić information content (AvgIpc) is 1.38. The Morgan fingerprint density at radius 2 is 0.349 bits per heavy atom. The lowest BCUT2D eigenvalue weighted by molar-refractivity contribution is -0.374. The largest absolute Gasteiger partial charge is 1.00 e. The molecule has 4 atom stereocenters. The summed E-state index contributed by atoms with van der Waals surface area (Å²) in [6.07, 6.45) is 0. The summed E-state index contributed by atoms with van der Waals surface area (Å²) >= 11 is 0. The number of benzene rings is 16. The highest BCUT2D eigenvalue weighted by Gasteiger charge is 2.77. The molecule has 24 aromatic carbocycles. The molecule has 8 nitrogen and oxygen atoms in total. The summed E-state index contributed by atoms with van der Waals surface area (Å²) in [5.41, 5.74) is 21.3. The number of ether oxygens (including phenoxy) is 4. The molecule has 8 aliphatic carbocycles. The molecule has 10 heteroatoms. The lowest BCUT2D eigenvalue weighted by Gasteiger charge is -2.51. The molecule has 24 aromatic rings. The first-order chi connectivity index (χ1) is 41.8. The van der Waals surface area contributed by atoms with Crippen molar-refractivity contribution in [3.63, 3.8) is 0 Å². The van der Waals surface area contributed by atoms with Crippen LogP contribution >= 0.6 is 0 Å². The van der Waals surface area contributed by atoms with E-state index in [1.165, 1.54) is 0 Å². The third-order valence-corrected chi connectivity index (χ3v) is 29.1. The first kappa shape index (κ1) is 40.4. The molecule has 86 heavy (non-hydrogen) atoms. The van der Waals surface area contributed by atoms with E-state index in [9.17, 15) is 0 Å². The fourth-order valence-electron chi connectivity index (χ4n) is 28.8. The van der Waals surface area contributed by atoms with E-state index in [2.05, 4.69) is 21.3 Å². The Hall–Kier alpha value is -7.02. The second-order valence-electron chi connectivity index (χ2n) is 30.2. The number of halogens is 2. The van der Waals surface area contributed by atoms with Crippen LogP contribution in [0.4, 0.5) is 0 Å². The van der Waals surface area contributed by atoms with Crippen LogP contribution in [0.25, 0.3) is 259 Å². The summed E-state index contributed by atoms with van der Waals surface area (Å²) in [5.74, 6) is 0. The topological polar surface area (TPSA) is 98.7 Å². The van der Waals surface area contributed by atoms with Gasteiger partial charge in [0.05, 0.1) is 87.6 Å². The van der Waals surface area contributed by atoms with Crippen molar-refractivity contribution in [3.05, 3.63) is 44.5 Å². The minimum atomic E-state index is -0.246. The molecule has 2 fully saturated rings. The number of rotatable bonds is 16. The first-order valence-corrected chi connectivity index (χ1v) is 32.1. The number of hydrogen-bond donors (Lipinski definition) is 2. The normalized spacial score (nSPS) is 25.3. The minimum Gasteiger partial charge on any atom is -1.00 e. The van der Waals surface area contributed by atoms with Gasteiger partial charge >= 0.3 is 0 Å². The molecule has 2 saturated heterocycles. The monoisotopic (exact) mass is 1140 g/mol. The zero-order chi connectivity index (χ0) is 51.6. The summed E-state index contributed by atoms with van der Waals surface area (Å²) in [6.45, 7) is 13.0. The zero-order valence-electron chi connectivity index (χ0n) is 46.0. The fourth-order valence-corrected chi connectivity index (χ4v) is 28.8. The van der Waals surface area contributed by atoms with Gasteiger partial charge in [-0.25, -0.2) is 0 Å². The highest BCUT2D eigenvalue weighted by molar-refractivity contribution is 6.78. The van der Waals surface area contributed by atoms with Gasteiger partial charge in [0.2, 0.25) is 0 Å². The summed E-state index contributed by atoms with van der Waals surface area (Å²) < 4.78 is 25.2. The van der Waals surface area contributed by atoms with Crippen molar-refractivity contribution in [2.75, 3.05) is 105 Å². The number of hydrogen-bond acceptors (Lipinski definition) is 6. The molecule has 400 valence electrons. The van der Waals surface area contributed by atoms with Crippen LogP contribution in [0.5, 0.6) is 0 Å². The van der Waals surface area contributed by atoms with Crippen LogP contribution < -0.4 is 36.3 Å². The van der Waals surface area contributed by atoms with Crippen LogP contribution in [0.3, 0.4) is 0 Å². The summed E-state index contributed by atoms with van der Waals surface area (Å²) in [6, 6.07) is 0. The summed E-state index contributed by atoms with van der Waals surface area (Å²) in [7, 11) is 0. The van der Waals surface area contributed by atoms with Gasteiger partial charge in [-0.2, -0.15) is 0 Å². The SMILES string of the molecule is [Cl-].[Cl-].[NH3+]CCOCCOCCN1CC23c4c5c6c7c8c4c4c2c2c9c%10c%11c%12c(c5c5c6c6c%13c%14c%15c%16c%17c(c8c8c4c4c2c2c9c9c%11c%11c%18c%12c5c%13c%18c5c%14c%12c%16c%13c%17c8c4c4c2c2c9c%11c5c%12c2c%134)C72CN(CCOCCOCC[NH3+])CC6%152)C%103C1. The van der Waals surface area contributed by atoms with Gasteiger partial charge in [0.25, 0.3) is 0 Å². The van der Waals surface area contributed by atoms with Gasteiger partial charge in [-0.15, -0.1) is 0 Å². The van der Waals surface area contributed by atoms with E-state index >= 15 is 0 Å². The Bertz CT molecular complexity index is 7100. The second-order valence-corrected chi connectivity index (χ2v) is 30.2.